The SMILES string of the molecule is CC1(C)c2ccccc2-c2cc(N(c3cccc(-c4ccccc4)c3)c3ccccc3-c3cccc4c3-n3c5ccccc5c5cccc(c53)C43c4ccccc4-c4ccccc43)ccc21. The molecule has 0 fully saturated rings. The van der Waals surface area contributed by atoms with Crippen molar-refractivity contribution in [1.29, 1.82) is 0 Å². The molecule has 1 aromatic heterocycles. The maximum atomic E-state index is 2.60. The van der Waals surface area contributed by atoms with Gasteiger partial charge in [0.15, 0.2) is 0 Å². The van der Waals surface area contributed by atoms with Crippen LogP contribution in [0, 0.1) is 0 Å². The number of aromatic nitrogens is 1. The van der Waals surface area contributed by atoms with Gasteiger partial charge in [-0.15, -0.1) is 0 Å². The molecule has 1 spiro atoms. The Kier molecular flexibility index (Phi) is 7.70. The van der Waals surface area contributed by atoms with Crippen LogP contribution in [0.25, 0.3) is 72.0 Å². The highest BCUT2D eigenvalue weighted by Crippen LogP contribution is 2.62. The van der Waals surface area contributed by atoms with Crippen LogP contribution in [0.15, 0.2) is 231 Å². The standard InChI is InChI=1S/C64H44N2/c1-63(2)53-30-11-6-25-47(53)52-40-44(37-38-54(52)63)65(43-22-16-21-42(39-43)41-19-4-3-5-20-41)59-35-14-9-26-48(59)50-28-17-33-57-61(50)66-60-36-15-10-27-49(60)51-29-18-34-58(62(51)66)64(57)55-31-12-7-23-45(55)46-24-8-13-32-56(46)64/h3-40H,1-2H3. The Bertz CT molecular complexity index is 3760. The van der Waals surface area contributed by atoms with Crippen LogP contribution in [0.3, 0.4) is 0 Å². The first-order valence-electron chi connectivity index (χ1n) is 23.2. The molecule has 0 saturated heterocycles. The van der Waals surface area contributed by atoms with Crippen LogP contribution in [0.4, 0.5) is 17.1 Å². The minimum absolute atomic E-state index is 0.0991. The predicted octanol–water partition coefficient (Wildman–Crippen LogP) is 16.6. The Morgan fingerprint density at radius 1 is 0.348 bits per heavy atom. The third kappa shape index (κ3) is 4.85. The number of para-hydroxylation sites is 4. The molecule has 10 aromatic carbocycles. The zero-order valence-electron chi connectivity index (χ0n) is 36.8. The molecule has 2 heterocycles. The third-order valence-electron chi connectivity index (χ3n) is 15.2. The summed E-state index contributed by atoms with van der Waals surface area (Å²) in [5, 5.41) is 2.54. The second kappa shape index (κ2) is 13.7. The van der Waals surface area contributed by atoms with E-state index < -0.39 is 5.41 Å². The fourth-order valence-electron chi connectivity index (χ4n) is 12.4. The molecule has 0 radical (unpaired) electrons. The van der Waals surface area contributed by atoms with Crippen LogP contribution >= 0.6 is 0 Å². The average Bonchev–Trinajstić information content (AvgIpc) is 3.95. The lowest BCUT2D eigenvalue weighted by Crippen LogP contribution is -2.33. The Morgan fingerprint density at radius 3 is 1.67 bits per heavy atom. The van der Waals surface area contributed by atoms with Gasteiger partial charge in [-0.05, 0) is 103 Å². The van der Waals surface area contributed by atoms with Gasteiger partial charge in [-0.3, -0.25) is 0 Å². The van der Waals surface area contributed by atoms with Gasteiger partial charge in [0.2, 0.25) is 0 Å². The van der Waals surface area contributed by atoms with Crippen molar-refractivity contribution in [3.63, 3.8) is 0 Å². The molecule has 1 aliphatic heterocycles. The first-order valence-corrected chi connectivity index (χ1v) is 23.2. The zero-order chi connectivity index (χ0) is 43.7. The molecular weight excluding hydrogens is 797 g/mol. The van der Waals surface area contributed by atoms with E-state index >= 15 is 0 Å². The molecule has 66 heavy (non-hydrogen) atoms. The summed E-state index contributed by atoms with van der Waals surface area (Å²) in [4.78, 5) is 2.51. The molecule has 11 aromatic rings. The highest BCUT2D eigenvalue weighted by molar-refractivity contribution is 6.14. The number of nitrogens with zero attached hydrogens (tertiary/aromatic N) is 2. The second-order valence-corrected chi connectivity index (χ2v) is 18.8. The van der Waals surface area contributed by atoms with E-state index in [9.17, 15) is 0 Å². The van der Waals surface area contributed by atoms with E-state index in [1.54, 1.807) is 0 Å². The summed E-state index contributed by atoms with van der Waals surface area (Å²) in [6.45, 7) is 4.72. The van der Waals surface area contributed by atoms with Crippen molar-refractivity contribution in [3.05, 3.63) is 264 Å². The molecule has 0 N–H and O–H groups in total. The van der Waals surface area contributed by atoms with Gasteiger partial charge in [0, 0.05) is 38.7 Å². The van der Waals surface area contributed by atoms with Crippen molar-refractivity contribution < 1.29 is 0 Å². The van der Waals surface area contributed by atoms with Gasteiger partial charge < -0.3 is 9.47 Å². The summed E-state index contributed by atoms with van der Waals surface area (Å²) in [5.74, 6) is 0. The molecule has 2 heteroatoms. The fourth-order valence-corrected chi connectivity index (χ4v) is 12.4. The second-order valence-electron chi connectivity index (χ2n) is 18.8. The van der Waals surface area contributed by atoms with Crippen molar-refractivity contribution in [3.8, 4) is 50.2 Å². The van der Waals surface area contributed by atoms with Crippen molar-refractivity contribution in [2.75, 3.05) is 4.90 Å². The zero-order valence-corrected chi connectivity index (χ0v) is 36.8. The molecule has 14 rings (SSSR count). The summed E-state index contributed by atoms with van der Waals surface area (Å²) in [5.41, 5.74) is 24.4. The number of benzene rings is 10. The van der Waals surface area contributed by atoms with Crippen LogP contribution < -0.4 is 4.90 Å². The Hall–Kier alpha value is -8.20. The Labute approximate surface area is 385 Å². The van der Waals surface area contributed by atoms with E-state index in [4.69, 9.17) is 0 Å². The van der Waals surface area contributed by atoms with Crippen molar-refractivity contribution in [2.24, 2.45) is 0 Å². The van der Waals surface area contributed by atoms with E-state index in [0.29, 0.717) is 0 Å². The largest absolute Gasteiger partial charge is 0.310 e. The van der Waals surface area contributed by atoms with Crippen molar-refractivity contribution in [1.82, 2.24) is 4.57 Å². The van der Waals surface area contributed by atoms with E-state index in [0.717, 1.165) is 17.1 Å². The van der Waals surface area contributed by atoms with E-state index in [-0.39, 0.29) is 5.41 Å². The highest BCUT2D eigenvalue weighted by Gasteiger charge is 2.51. The number of hydrogen-bond donors (Lipinski definition) is 0. The summed E-state index contributed by atoms with van der Waals surface area (Å²) >= 11 is 0. The topological polar surface area (TPSA) is 8.17 Å². The Morgan fingerprint density at radius 2 is 0.879 bits per heavy atom. The average molecular weight is 841 g/mol. The molecule has 3 aliphatic rings. The molecule has 0 atom stereocenters. The highest BCUT2D eigenvalue weighted by atomic mass is 15.1. The minimum Gasteiger partial charge on any atom is -0.310 e. The molecule has 2 aliphatic carbocycles. The lowest BCUT2D eigenvalue weighted by atomic mass is 9.65. The maximum Gasteiger partial charge on any atom is 0.0754 e. The number of anilines is 3. The summed E-state index contributed by atoms with van der Waals surface area (Å²) < 4.78 is 2.60. The molecule has 0 bridgehead atoms. The van der Waals surface area contributed by atoms with E-state index in [1.165, 1.54) is 105 Å². The number of fused-ring (bicyclic) bond motifs is 15. The number of rotatable bonds is 5. The van der Waals surface area contributed by atoms with Crippen molar-refractivity contribution in [2.45, 2.75) is 24.7 Å². The lowest BCUT2D eigenvalue weighted by molar-refractivity contribution is 0.660. The summed E-state index contributed by atoms with van der Waals surface area (Å²) in [7, 11) is 0. The maximum absolute atomic E-state index is 2.60. The van der Waals surface area contributed by atoms with Gasteiger partial charge in [-0.2, -0.15) is 0 Å². The van der Waals surface area contributed by atoms with E-state index in [1.807, 2.05) is 0 Å². The van der Waals surface area contributed by atoms with Gasteiger partial charge in [-0.25, -0.2) is 0 Å². The summed E-state index contributed by atoms with van der Waals surface area (Å²) in [6.07, 6.45) is 0. The third-order valence-corrected chi connectivity index (χ3v) is 15.2. The molecule has 0 saturated carbocycles. The lowest BCUT2D eigenvalue weighted by Gasteiger charge is -2.40. The van der Waals surface area contributed by atoms with Crippen LogP contribution in [0.2, 0.25) is 0 Å². The minimum atomic E-state index is -0.540. The van der Waals surface area contributed by atoms with Gasteiger partial charge >= 0.3 is 0 Å². The molecule has 0 amide bonds. The van der Waals surface area contributed by atoms with Crippen LogP contribution in [-0.4, -0.2) is 4.57 Å². The predicted molar refractivity (Wildman–Crippen MR) is 275 cm³/mol. The van der Waals surface area contributed by atoms with Crippen LogP contribution in [0.1, 0.15) is 47.2 Å². The molecule has 310 valence electrons. The normalized spacial score (nSPS) is 14.2. The van der Waals surface area contributed by atoms with Gasteiger partial charge in [-0.1, -0.05) is 208 Å². The molecule has 0 unspecified atom stereocenters. The van der Waals surface area contributed by atoms with Gasteiger partial charge in [0.25, 0.3) is 0 Å². The van der Waals surface area contributed by atoms with Gasteiger partial charge in [0.1, 0.15) is 0 Å². The smallest absolute Gasteiger partial charge is 0.0754 e. The Balaban J connectivity index is 1.08. The molecular formula is C64H44N2. The molecule has 2 nitrogen and oxygen atoms in total. The van der Waals surface area contributed by atoms with Crippen LogP contribution in [0.5, 0.6) is 0 Å². The van der Waals surface area contributed by atoms with Crippen molar-refractivity contribution >= 4 is 38.9 Å². The summed E-state index contributed by atoms with van der Waals surface area (Å²) in [6, 6.07) is 86.4. The quantitative estimate of drug-likeness (QED) is 0.168. The first-order chi connectivity index (χ1) is 32.5. The monoisotopic (exact) mass is 840 g/mol. The first kappa shape index (κ1) is 37.2. The van der Waals surface area contributed by atoms with E-state index in [2.05, 4.69) is 254 Å². The number of hydrogen-bond acceptors (Lipinski definition) is 1. The van der Waals surface area contributed by atoms with Crippen LogP contribution in [-0.2, 0) is 10.8 Å². The van der Waals surface area contributed by atoms with Gasteiger partial charge in [0.05, 0.1) is 27.8 Å². The fraction of sp³-hybridized carbons (Fsp3) is 0.0625.